The quantitative estimate of drug-likeness (QED) is 0.0180. The minimum atomic E-state index is -4.02. The summed E-state index contributed by atoms with van der Waals surface area (Å²) < 4.78 is 218. The van der Waals surface area contributed by atoms with Gasteiger partial charge in [-0.05, 0) is 187 Å². The molecule has 145 heavy (non-hydrogen) atoms. The van der Waals surface area contributed by atoms with Crippen LogP contribution in [-0.4, -0.2) is 336 Å². The van der Waals surface area contributed by atoms with Crippen molar-refractivity contribution in [2.45, 2.75) is 353 Å². The number of hydrogen-bond acceptors (Lipinski definition) is 42. The number of amides is 4. The zero-order valence-electron chi connectivity index (χ0n) is 85.2. The predicted molar refractivity (Wildman–Crippen MR) is 500 cm³/mol. The molecule has 15 aliphatic heterocycles. The smallest absolute Gasteiger partial charge is 0.587 e. The molecular formula is C94H134ClFKN5O40S3. The van der Waals surface area contributed by atoms with Crippen molar-refractivity contribution >= 4 is 63.6 Å². The van der Waals surface area contributed by atoms with Crippen LogP contribution >= 0.6 is 10.7 Å². The summed E-state index contributed by atoms with van der Waals surface area (Å²) in [6, 6.07) is 32.4. The van der Waals surface area contributed by atoms with E-state index in [1.807, 2.05) is 76.2 Å². The molecule has 0 aromatic heterocycles. The number of halogens is 2. The van der Waals surface area contributed by atoms with E-state index in [0.717, 1.165) is 16.7 Å². The van der Waals surface area contributed by atoms with Crippen LogP contribution in [0.4, 0.5) is 4.39 Å². The third-order valence-corrected chi connectivity index (χ3v) is 27.5. The van der Waals surface area contributed by atoms with Gasteiger partial charge in [0.2, 0.25) is 0 Å². The monoisotopic (exact) mass is 2160 g/mol. The van der Waals surface area contributed by atoms with Gasteiger partial charge < -0.3 is 156 Å². The summed E-state index contributed by atoms with van der Waals surface area (Å²) in [5, 5.41) is 59.2. The molecule has 13 fully saturated rings. The van der Waals surface area contributed by atoms with Gasteiger partial charge in [-0.1, -0.05) is 89.5 Å². The third kappa shape index (κ3) is 30.3. The number of nitrogens with two attached hydrogens (primary N) is 3. The van der Waals surface area contributed by atoms with Crippen molar-refractivity contribution in [3.8, 4) is 0 Å². The number of benzene rings is 5. The first-order valence-electron chi connectivity index (χ1n) is 46.5. The number of hydrogen-bond donors (Lipinski definition) is 9. The fourth-order valence-electron chi connectivity index (χ4n) is 17.7. The molecule has 45 nitrogen and oxygen atoms in total. The Labute approximate surface area is 889 Å². The van der Waals surface area contributed by atoms with Crippen molar-refractivity contribution in [3.05, 3.63) is 166 Å². The Morgan fingerprint density at radius 1 is 0.421 bits per heavy atom. The molecule has 5 aromatic carbocycles. The van der Waals surface area contributed by atoms with E-state index >= 15 is 0 Å². The molecule has 15 aliphatic rings. The molecule has 0 saturated carbocycles. The summed E-state index contributed by atoms with van der Waals surface area (Å²) >= 11 is 0. The SMILES string of the molecule is CC1(C)OC2[C@H](O[C@@H]3C(CN)OC(C)(C)O[C@@H]23)O1.CC1(C)OC2[C@H](O[C@@H]3C(CN4C(=O)c5ccccc5C4=O)OC(C)(C)O[C@@H]23)O1.CC1(C)OC2[C@H](O[C@H](C(O)CO)[C@H]2O)O1.CCO.Cc1ccc(S(=O)(=O)Cl)cc1.Cc1ccc(S(=O)(=O)OCC(O)[C@H]2O[C@@H]3OC(C)(C)OC3[C@@H]2O)cc1.Cc1ccc(S(=O)(=O)OCC2OC(C)(C)O[C@H]3C4OC(C)(C)O[C@H]4O[C@H]23)cc1.NN.O.O=C1[N-]C(=O)c2ccccc21.[2H]CF.[K+]. The number of imide groups is 2. The number of carbonyl (C=O) groups excluding carboxylic acids is 4. The minimum absolute atomic E-state index is 0. The van der Waals surface area contributed by atoms with Gasteiger partial charge in [0.1, 0.15) is 122 Å². The largest absolute Gasteiger partial charge is 1.00 e. The number of carbonyl (C=O) groups is 4. The second-order valence-corrected chi connectivity index (χ2v) is 44.3. The molecular weight excluding hydrogens is 2030 g/mol. The van der Waals surface area contributed by atoms with Crippen LogP contribution in [0.15, 0.2) is 136 Å². The van der Waals surface area contributed by atoms with Gasteiger partial charge in [0.25, 0.3) is 41.1 Å². The van der Waals surface area contributed by atoms with Crippen molar-refractivity contribution in [3.63, 3.8) is 0 Å². The van der Waals surface area contributed by atoms with Crippen molar-refractivity contribution in [2.24, 2.45) is 17.4 Å². The maximum atomic E-state index is 12.7. The van der Waals surface area contributed by atoms with E-state index in [4.69, 9.17) is 136 Å². The number of aryl methyl sites for hydroxylation is 3. The first-order valence-corrected chi connectivity index (χ1v) is 50.9. The van der Waals surface area contributed by atoms with Crippen molar-refractivity contribution in [1.29, 1.82) is 0 Å². The number of nitrogens with zero attached hydrogens (tertiary/aromatic N) is 2. The van der Waals surface area contributed by atoms with E-state index in [1.54, 1.807) is 147 Å². The molecule has 4 amide bonds. The molecule has 0 aliphatic carbocycles. The maximum Gasteiger partial charge on any atom is 1.00 e. The number of aliphatic hydroxyl groups is 6. The molecule has 20 rings (SSSR count). The predicted octanol–water partition coefficient (Wildman–Crippen LogP) is 1.85. The average Bonchev–Trinajstić information content (AvgIpc) is 1.56. The fourth-order valence-corrected chi connectivity index (χ4v) is 20.3. The summed E-state index contributed by atoms with van der Waals surface area (Å²) in [7, 11) is -7.40. The Morgan fingerprint density at radius 3 is 1.03 bits per heavy atom. The van der Waals surface area contributed by atoms with E-state index in [1.165, 1.54) is 41.3 Å². The van der Waals surface area contributed by atoms with Gasteiger partial charge >= 0.3 is 51.4 Å². The van der Waals surface area contributed by atoms with Crippen molar-refractivity contribution in [1.82, 2.24) is 4.90 Å². The molecule has 14 N–H and O–H groups in total. The van der Waals surface area contributed by atoms with E-state index < -0.39 is 237 Å². The van der Waals surface area contributed by atoms with Crippen LogP contribution in [0, 0.1) is 20.8 Å². The molecule has 25 atom stereocenters. The summed E-state index contributed by atoms with van der Waals surface area (Å²) in [4.78, 5) is 48.7. The normalized spacial score (nSPS) is 32.9. The van der Waals surface area contributed by atoms with Crippen molar-refractivity contribution < 1.29 is 246 Å². The zero-order chi connectivity index (χ0) is 107. The zero-order valence-corrected chi connectivity index (χ0v) is 90.5. The minimum Gasteiger partial charge on any atom is -0.587 e. The van der Waals surface area contributed by atoms with Crippen LogP contribution in [0.5, 0.6) is 0 Å². The Kier molecular flexibility index (Phi) is 41.5. The Hall–Kier alpha value is -5.23. The summed E-state index contributed by atoms with van der Waals surface area (Å²) in [6.45, 7) is 35.5. The average molecular weight is 2160 g/mol. The first kappa shape index (κ1) is 122. The number of rotatable bonds is 15. The van der Waals surface area contributed by atoms with E-state index in [-0.39, 0.29) is 128 Å². The Morgan fingerprint density at radius 2 is 0.697 bits per heavy atom. The molecule has 13 saturated heterocycles. The first-order chi connectivity index (χ1) is 67.1. The van der Waals surface area contributed by atoms with Gasteiger partial charge in [0, 0.05) is 35.0 Å². The maximum absolute atomic E-state index is 12.7. The van der Waals surface area contributed by atoms with Gasteiger partial charge in [-0.3, -0.25) is 38.9 Å². The van der Waals surface area contributed by atoms with Crippen LogP contribution in [0.3, 0.4) is 0 Å². The number of hydrazine groups is 1. The Bertz CT molecular complexity index is 5490. The number of ether oxygens (including phenoxy) is 21. The van der Waals surface area contributed by atoms with Crippen LogP contribution in [-0.2, 0) is 137 Å². The second kappa shape index (κ2) is 49.5. The third-order valence-electron chi connectivity index (χ3n) is 23.6. The van der Waals surface area contributed by atoms with Crippen molar-refractivity contribution in [2.75, 3.05) is 46.7 Å². The molecule has 15 heterocycles. The summed E-state index contributed by atoms with van der Waals surface area (Å²) in [5.41, 5.74) is 10.3. The van der Waals surface area contributed by atoms with Gasteiger partial charge in [-0.15, -0.1) is 0 Å². The van der Waals surface area contributed by atoms with Gasteiger partial charge in [0.15, 0.2) is 77.7 Å². The molecule has 10 unspecified atom stereocenters. The number of fused-ring (bicyclic) bond motifs is 13. The standard InChI is InChI=1S/C20H23NO7.C19H26O8S.C16H22O8S.C12H21NO5.C9H16O6.C8H5NO2.C7H7ClO2S.C2H6O.CH3F.K.H4N2.H2O/c1-19(2)25-12(9-21-16(22)10-7-5-6-8-11(10)17(21)23)13-14(26-19)15-18(24-13)28-20(3,4)27-15;1-11-6-8-12(9-7-11)28(20,21)22-10-13-14-15(25-18(2,3)24-13)16-17(23-14)27-19(4,5)26-16;1-9-4-6-10(7-5-9)25(19,20)21-8-11(17)13-12(18)14-15(22-13)24-16(2,3)23-14;1-11(2)15-6(5-13)7-8(16-11)9-10(14-7)18-12(3,4)17-9;1-9(2)14-7-5(12)6(4(11)3-10)13-8(7)15-9;10-7-5-3-1-2-4-6(5)8(11)9-7;1-6-2-4-7(5-3-6)11(8,9)10;1-2-3;1-2;;1-2;/h5-8,12-15,18H,9H2,1-4H3;6-9,13-17H,10H2,1-5H3;4-7,11-15,17-18H,8H2,1-3H3;6-10H,5,13H2,1-4H3;4-8,10-12H,3H2,1-2H3;1-4H,(H,9,10,11);2-5H,1H3;3H,2H2,1H3;1H3;;1-2H2;1H2/q;;;;;;;;;+1;;/p-1/t12?,13-,14-,15?,18-;13?,14-,15-,16?,17-;11?,12-,13-,14?,15-;6?,7-,8-,9?,10-;4?,5-,6-,7?,8-;;;;;;;/m11111......./s1/i;;;;;;;;1D;;;. The second-order valence-electron chi connectivity index (χ2n) is 38.5. The van der Waals surface area contributed by atoms with Crippen LogP contribution in [0.1, 0.15) is 177 Å². The van der Waals surface area contributed by atoms with Crippen LogP contribution in [0.25, 0.3) is 5.32 Å². The fraction of sp³-hybridized carbons (Fsp3) is 0.638. The van der Waals surface area contributed by atoms with E-state index in [9.17, 15) is 69.2 Å². The summed E-state index contributed by atoms with van der Waals surface area (Å²) in [6.07, 6.45) is -15.8. The van der Waals surface area contributed by atoms with Gasteiger partial charge in [0.05, 0.1) is 72.5 Å². The molecule has 5 aromatic rings. The molecule has 51 heteroatoms. The molecule has 0 bridgehead atoms. The van der Waals surface area contributed by atoms with Gasteiger partial charge in [-0.2, -0.15) is 16.8 Å². The number of alkyl halides is 1. The Balaban J connectivity index is 0.000000191. The van der Waals surface area contributed by atoms with Gasteiger partial charge in [-0.25, -0.2) is 8.42 Å². The summed E-state index contributed by atoms with van der Waals surface area (Å²) in [5.74, 6) is 0.116. The molecule has 0 spiro atoms. The molecule has 0 radical (unpaired) electrons. The van der Waals surface area contributed by atoms with E-state index in [0.29, 0.717) is 28.8 Å². The van der Waals surface area contributed by atoms with Crippen LogP contribution < -0.4 is 68.8 Å². The topological polar surface area (TPSA) is 631 Å². The number of aliphatic hydroxyl groups excluding tert-OH is 6. The van der Waals surface area contributed by atoms with E-state index in [2.05, 4.69) is 17.0 Å². The van der Waals surface area contributed by atoms with Crippen LogP contribution in [0.2, 0.25) is 0 Å². The molecule has 808 valence electrons.